The minimum atomic E-state index is -1.97. The van der Waals surface area contributed by atoms with Crippen molar-refractivity contribution in [3.8, 4) is 5.75 Å². The Balaban J connectivity index is 2.14. The molecule has 0 N–H and O–H groups in total. The fourth-order valence-electron chi connectivity index (χ4n) is 2.07. The van der Waals surface area contributed by atoms with Crippen LogP contribution in [0, 0.1) is 10.1 Å². The van der Waals surface area contributed by atoms with Gasteiger partial charge in [-0.2, -0.15) is 0 Å². The molecule has 8 nitrogen and oxygen atoms in total. The van der Waals surface area contributed by atoms with Crippen LogP contribution in [0.1, 0.15) is 17.3 Å². The molecule has 0 spiro atoms. The molecule has 0 aliphatic heterocycles. The number of hydrogen-bond acceptors (Lipinski definition) is 7. The predicted octanol–water partition coefficient (Wildman–Crippen LogP) is 2.48. The van der Waals surface area contributed by atoms with Gasteiger partial charge in [-0.25, -0.2) is 4.79 Å². The molecule has 0 aromatic heterocycles. The molecule has 2 aromatic rings. The van der Waals surface area contributed by atoms with Crippen molar-refractivity contribution in [3.63, 3.8) is 0 Å². The number of esters is 2. The van der Waals surface area contributed by atoms with Crippen LogP contribution in [-0.2, 0) is 20.3 Å². The molecule has 9 heteroatoms. The normalized spacial score (nSPS) is 11.4. The van der Waals surface area contributed by atoms with Crippen molar-refractivity contribution in [2.75, 3.05) is 12.4 Å². The summed E-state index contributed by atoms with van der Waals surface area (Å²) < 4.78 is 22.3. The van der Waals surface area contributed by atoms with Gasteiger partial charge in [-0.3, -0.25) is 19.1 Å². The first-order valence-electron chi connectivity index (χ1n) is 7.52. The Hall–Kier alpha value is -3.07. The minimum absolute atomic E-state index is 0.0319. The minimum Gasteiger partial charge on any atom is -0.462 e. The summed E-state index contributed by atoms with van der Waals surface area (Å²) in [5.41, 5.74) is -0.287. The van der Waals surface area contributed by atoms with Crippen molar-refractivity contribution in [3.05, 3.63) is 64.2 Å². The maximum atomic E-state index is 12.3. The zero-order chi connectivity index (χ0) is 19.1. The summed E-state index contributed by atoms with van der Waals surface area (Å²) in [7, 11) is -1.97. The van der Waals surface area contributed by atoms with Gasteiger partial charge in [-0.05, 0) is 25.1 Å². The Bertz CT molecular complexity index is 866. The fourth-order valence-corrected chi connectivity index (χ4v) is 3.11. The number of hydrogen-bond donors (Lipinski definition) is 0. The molecular weight excluding hydrogens is 362 g/mol. The van der Waals surface area contributed by atoms with Crippen LogP contribution in [0.25, 0.3) is 0 Å². The van der Waals surface area contributed by atoms with Crippen molar-refractivity contribution in [1.29, 1.82) is 0 Å². The van der Waals surface area contributed by atoms with Gasteiger partial charge in [-0.15, -0.1) is 0 Å². The SMILES string of the molecule is CCOC(=O)c1ccccc1OC(=O)C[S@@](=O)c1ccccc1[N+](=O)[O-]. The molecule has 0 fully saturated rings. The number of nitro groups is 1. The number of para-hydroxylation sites is 2. The van der Waals surface area contributed by atoms with E-state index in [2.05, 4.69) is 0 Å². The highest BCUT2D eigenvalue weighted by molar-refractivity contribution is 7.85. The van der Waals surface area contributed by atoms with E-state index >= 15 is 0 Å². The number of carbonyl (C=O) groups excluding carboxylic acids is 2. The van der Waals surface area contributed by atoms with Gasteiger partial charge in [0, 0.05) is 6.07 Å². The molecule has 0 bridgehead atoms. The Morgan fingerprint density at radius 2 is 1.77 bits per heavy atom. The molecule has 0 saturated heterocycles. The smallest absolute Gasteiger partial charge is 0.341 e. The van der Waals surface area contributed by atoms with Crippen LogP contribution >= 0.6 is 0 Å². The lowest BCUT2D eigenvalue weighted by molar-refractivity contribution is -0.387. The third-order valence-electron chi connectivity index (χ3n) is 3.16. The quantitative estimate of drug-likeness (QED) is 0.315. The van der Waals surface area contributed by atoms with Crippen molar-refractivity contribution < 1.29 is 28.2 Å². The van der Waals surface area contributed by atoms with E-state index in [1.165, 1.54) is 36.4 Å². The van der Waals surface area contributed by atoms with Gasteiger partial charge < -0.3 is 9.47 Å². The predicted molar refractivity (Wildman–Crippen MR) is 92.4 cm³/mol. The number of rotatable bonds is 7. The lowest BCUT2D eigenvalue weighted by Crippen LogP contribution is -2.19. The first kappa shape index (κ1) is 19.3. The van der Waals surface area contributed by atoms with Gasteiger partial charge in [0.1, 0.15) is 22.0 Å². The molecule has 0 saturated carbocycles. The molecule has 26 heavy (non-hydrogen) atoms. The third kappa shape index (κ3) is 4.73. The van der Waals surface area contributed by atoms with E-state index in [-0.39, 0.29) is 28.5 Å². The highest BCUT2D eigenvalue weighted by Gasteiger charge is 2.22. The molecule has 0 heterocycles. The van der Waals surface area contributed by atoms with E-state index in [0.717, 1.165) is 0 Å². The second kappa shape index (κ2) is 8.86. The number of nitrogens with zero attached hydrogens (tertiary/aromatic N) is 1. The van der Waals surface area contributed by atoms with Gasteiger partial charge in [0.2, 0.25) is 0 Å². The Labute approximate surface area is 151 Å². The average molecular weight is 377 g/mol. The van der Waals surface area contributed by atoms with Crippen LogP contribution in [0.15, 0.2) is 53.4 Å². The van der Waals surface area contributed by atoms with Crippen molar-refractivity contribution >= 4 is 28.4 Å². The van der Waals surface area contributed by atoms with Crippen LogP contribution < -0.4 is 4.74 Å². The summed E-state index contributed by atoms with van der Waals surface area (Å²) in [5.74, 6) is -2.17. The summed E-state index contributed by atoms with van der Waals surface area (Å²) >= 11 is 0. The van der Waals surface area contributed by atoms with Crippen LogP contribution in [0.3, 0.4) is 0 Å². The van der Waals surface area contributed by atoms with Crippen LogP contribution in [-0.4, -0.2) is 33.4 Å². The highest BCUT2D eigenvalue weighted by Crippen LogP contribution is 2.23. The number of benzene rings is 2. The average Bonchev–Trinajstić information content (AvgIpc) is 2.62. The molecule has 0 unspecified atom stereocenters. The van der Waals surface area contributed by atoms with Gasteiger partial charge in [0.15, 0.2) is 0 Å². The van der Waals surface area contributed by atoms with E-state index in [0.29, 0.717) is 0 Å². The maximum Gasteiger partial charge on any atom is 0.341 e. The fraction of sp³-hybridized carbons (Fsp3) is 0.176. The second-order valence-electron chi connectivity index (χ2n) is 4.91. The third-order valence-corrected chi connectivity index (χ3v) is 4.50. The molecule has 136 valence electrons. The molecule has 0 aliphatic rings. The standard InChI is InChI=1S/C17H15NO7S/c1-2-24-17(20)12-7-3-5-9-14(12)25-16(19)11-26(23)15-10-6-4-8-13(15)18(21)22/h3-10H,2,11H2,1H3/t26-/m1/s1. The van der Waals surface area contributed by atoms with Gasteiger partial charge in [0.05, 0.1) is 22.3 Å². The molecule has 0 radical (unpaired) electrons. The summed E-state index contributed by atoms with van der Waals surface area (Å²) in [4.78, 5) is 34.2. The Kier molecular flexibility index (Phi) is 6.56. The van der Waals surface area contributed by atoms with E-state index < -0.39 is 33.4 Å². The topological polar surface area (TPSA) is 113 Å². The second-order valence-corrected chi connectivity index (χ2v) is 6.32. The van der Waals surface area contributed by atoms with Crippen molar-refractivity contribution in [1.82, 2.24) is 0 Å². The lowest BCUT2D eigenvalue weighted by atomic mass is 10.2. The van der Waals surface area contributed by atoms with Crippen molar-refractivity contribution in [2.24, 2.45) is 0 Å². The van der Waals surface area contributed by atoms with E-state index in [9.17, 15) is 23.9 Å². The summed E-state index contributed by atoms with van der Waals surface area (Å²) in [6.07, 6.45) is 0. The van der Waals surface area contributed by atoms with Gasteiger partial charge in [0.25, 0.3) is 5.69 Å². The van der Waals surface area contributed by atoms with Crippen LogP contribution in [0.2, 0.25) is 0 Å². The maximum absolute atomic E-state index is 12.3. The van der Waals surface area contributed by atoms with E-state index in [4.69, 9.17) is 9.47 Å². The lowest BCUT2D eigenvalue weighted by Gasteiger charge is -2.09. The molecular formula is C17H15NO7S. The Morgan fingerprint density at radius 1 is 1.12 bits per heavy atom. The van der Waals surface area contributed by atoms with Crippen LogP contribution in [0.4, 0.5) is 5.69 Å². The summed E-state index contributed by atoms with van der Waals surface area (Å²) in [6.45, 7) is 1.80. The highest BCUT2D eigenvalue weighted by atomic mass is 32.2. The molecule has 2 rings (SSSR count). The van der Waals surface area contributed by atoms with Gasteiger partial charge >= 0.3 is 11.9 Å². The monoisotopic (exact) mass is 377 g/mol. The molecule has 1 atom stereocenters. The summed E-state index contributed by atoms with van der Waals surface area (Å²) in [6, 6.07) is 11.4. The zero-order valence-electron chi connectivity index (χ0n) is 13.7. The zero-order valence-corrected chi connectivity index (χ0v) is 14.6. The Morgan fingerprint density at radius 3 is 2.46 bits per heavy atom. The van der Waals surface area contributed by atoms with Crippen LogP contribution in [0.5, 0.6) is 5.75 Å². The number of ether oxygens (including phenoxy) is 2. The van der Waals surface area contributed by atoms with E-state index in [1.54, 1.807) is 19.1 Å². The largest absolute Gasteiger partial charge is 0.462 e. The first-order chi connectivity index (χ1) is 12.4. The number of carbonyl (C=O) groups is 2. The molecule has 0 amide bonds. The van der Waals surface area contributed by atoms with Gasteiger partial charge in [-0.1, -0.05) is 24.3 Å². The molecule has 0 aliphatic carbocycles. The van der Waals surface area contributed by atoms with Crippen molar-refractivity contribution in [2.45, 2.75) is 11.8 Å². The van der Waals surface area contributed by atoms with E-state index in [1.807, 2.05) is 0 Å². The summed E-state index contributed by atoms with van der Waals surface area (Å²) in [5, 5.41) is 11.0. The number of nitro benzene ring substituents is 1. The molecule has 2 aromatic carbocycles. The first-order valence-corrected chi connectivity index (χ1v) is 8.84.